The Morgan fingerprint density at radius 2 is 1.96 bits per heavy atom. The van der Waals surface area contributed by atoms with Gasteiger partial charge in [-0.3, -0.25) is 4.79 Å². The van der Waals surface area contributed by atoms with Crippen LogP contribution in [0, 0.1) is 5.82 Å². The molecular formula is C17H14BrFO4. The van der Waals surface area contributed by atoms with E-state index in [4.69, 9.17) is 9.47 Å². The second kappa shape index (κ2) is 7.28. The maximum Gasteiger partial charge on any atom is 0.188 e. The third-order valence-corrected chi connectivity index (χ3v) is 3.74. The first kappa shape index (κ1) is 17.0. The number of methoxy groups -OCH3 is 2. The number of carbonyl (C=O) groups excluding carboxylic acids is 1. The van der Waals surface area contributed by atoms with Crippen molar-refractivity contribution >= 4 is 27.8 Å². The molecule has 0 aliphatic heterocycles. The number of phenols is 1. The molecule has 0 aromatic heterocycles. The molecule has 0 aliphatic carbocycles. The molecule has 2 rings (SSSR count). The number of hydrogen-bond acceptors (Lipinski definition) is 4. The van der Waals surface area contributed by atoms with E-state index in [-0.39, 0.29) is 17.1 Å². The second-order valence-electron chi connectivity index (χ2n) is 4.60. The molecule has 0 aliphatic rings. The minimum atomic E-state index is -0.650. The fourth-order valence-corrected chi connectivity index (χ4v) is 2.39. The predicted octanol–water partition coefficient (Wildman–Crippen LogP) is 4.21. The van der Waals surface area contributed by atoms with Gasteiger partial charge in [0.25, 0.3) is 0 Å². The Hall–Kier alpha value is -2.34. The third-order valence-electron chi connectivity index (χ3n) is 3.14. The van der Waals surface area contributed by atoms with E-state index in [9.17, 15) is 14.3 Å². The van der Waals surface area contributed by atoms with Crippen molar-refractivity contribution < 1.29 is 23.8 Å². The zero-order valence-electron chi connectivity index (χ0n) is 12.5. The van der Waals surface area contributed by atoms with Crippen LogP contribution in [0.15, 0.2) is 40.9 Å². The largest absolute Gasteiger partial charge is 0.503 e. The van der Waals surface area contributed by atoms with E-state index in [1.807, 2.05) is 0 Å². The molecule has 0 radical (unpaired) electrons. The van der Waals surface area contributed by atoms with Crippen LogP contribution in [0.5, 0.6) is 17.2 Å². The molecule has 0 spiro atoms. The maximum atomic E-state index is 13.9. The van der Waals surface area contributed by atoms with Crippen molar-refractivity contribution in [3.8, 4) is 17.2 Å². The predicted molar refractivity (Wildman–Crippen MR) is 88.7 cm³/mol. The number of rotatable bonds is 5. The highest BCUT2D eigenvalue weighted by atomic mass is 79.9. The number of phenolic OH excluding ortho intramolecular Hbond substituents is 1. The van der Waals surface area contributed by atoms with Crippen LogP contribution in [0.2, 0.25) is 0 Å². The standard InChI is InChI=1S/C17H14BrFO4/c1-22-11-4-5-12(14(19)9-11)15(20)6-3-10-7-13(18)17(21)16(8-10)23-2/h3-9,21H,1-2H3/b6-3+. The van der Waals surface area contributed by atoms with Crippen LogP contribution in [0.1, 0.15) is 15.9 Å². The van der Waals surface area contributed by atoms with Crippen molar-refractivity contribution in [1.29, 1.82) is 0 Å². The Balaban J connectivity index is 2.26. The Morgan fingerprint density at radius 3 is 2.57 bits per heavy atom. The highest BCUT2D eigenvalue weighted by molar-refractivity contribution is 9.10. The van der Waals surface area contributed by atoms with Gasteiger partial charge in [0.05, 0.1) is 24.3 Å². The van der Waals surface area contributed by atoms with Gasteiger partial charge in [-0.15, -0.1) is 0 Å². The topological polar surface area (TPSA) is 55.8 Å². The Kier molecular flexibility index (Phi) is 5.39. The molecule has 120 valence electrons. The number of ether oxygens (including phenoxy) is 2. The van der Waals surface area contributed by atoms with Gasteiger partial charge in [-0.2, -0.15) is 0 Å². The van der Waals surface area contributed by atoms with Crippen LogP contribution in [0.3, 0.4) is 0 Å². The van der Waals surface area contributed by atoms with E-state index in [2.05, 4.69) is 15.9 Å². The summed E-state index contributed by atoms with van der Waals surface area (Å²) >= 11 is 3.19. The average molecular weight is 381 g/mol. The zero-order chi connectivity index (χ0) is 17.0. The minimum Gasteiger partial charge on any atom is -0.503 e. The van der Waals surface area contributed by atoms with E-state index >= 15 is 0 Å². The smallest absolute Gasteiger partial charge is 0.188 e. The summed E-state index contributed by atoms with van der Waals surface area (Å²) in [6.07, 6.45) is 2.77. The molecule has 0 saturated heterocycles. The third kappa shape index (κ3) is 3.90. The second-order valence-corrected chi connectivity index (χ2v) is 5.45. The zero-order valence-corrected chi connectivity index (χ0v) is 14.1. The lowest BCUT2D eigenvalue weighted by atomic mass is 10.1. The van der Waals surface area contributed by atoms with Gasteiger partial charge in [0.15, 0.2) is 17.3 Å². The molecule has 0 unspecified atom stereocenters. The molecule has 0 atom stereocenters. The molecule has 0 bridgehead atoms. The molecule has 4 nitrogen and oxygen atoms in total. The molecule has 0 fully saturated rings. The van der Waals surface area contributed by atoms with Crippen LogP contribution in [0.25, 0.3) is 6.08 Å². The Bertz CT molecular complexity index is 771. The Labute approximate surface area is 141 Å². The van der Waals surface area contributed by atoms with Gasteiger partial charge >= 0.3 is 0 Å². The van der Waals surface area contributed by atoms with Crippen molar-refractivity contribution in [2.24, 2.45) is 0 Å². The molecule has 0 saturated carbocycles. The summed E-state index contributed by atoms with van der Waals surface area (Å²) in [5, 5.41) is 9.74. The van der Waals surface area contributed by atoms with Gasteiger partial charge < -0.3 is 14.6 Å². The van der Waals surface area contributed by atoms with Crippen molar-refractivity contribution in [2.45, 2.75) is 0 Å². The number of aromatic hydroxyl groups is 1. The molecule has 0 heterocycles. The summed E-state index contributed by atoms with van der Waals surface area (Å²) in [4.78, 5) is 12.1. The quantitative estimate of drug-likeness (QED) is 0.623. The lowest BCUT2D eigenvalue weighted by Crippen LogP contribution is -1.99. The van der Waals surface area contributed by atoms with E-state index in [0.29, 0.717) is 15.8 Å². The molecule has 1 N–H and O–H groups in total. The van der Waals surface area contributed by atoms with Gasteiger partial charge in [0.1, 0.15) is 11.6 Å². The first-order valence-corrected chi connectivity index (χ1v) is 7.38. The summed E-state index contributed by atoms with van der Waals surface area (Å²) in [5.74, 6) is -0.550. The lowest BCUT2D eigenvalue weighted by molar-refractivity contribution is 0.104. The van der Waals surface area contributed by atoms with Crippen molar-refractivity contribution in [2.75, 3.05) is 14.2 Å². The van der Waals surface area contributed by atoms with Crippen molar-refractivity contribution in [1.82, 2.24) is 0 Å². The summed E-state index contributed by atoms with van der Waals surface area (Å²) in [7, 11) is 2.85. The number of carbonyl (C=O) groups is 1. The molecule has 23 heavy (non-hydrogen) atoms. The first-order chi connectivity index (χ1) is 11.0. The monoisotopic (exact) mass is 380 g/mol. The van der Waals surface area contributed by atoms with Crippen LogP contribution < -0.4 is 9.47 Å². The van der Waals surface area contributed by atoms with Crippen LogP contribution >= 0.6 is 15.9 Å². The number of hydrogen-bond donors (Lipinski definition) is 1. The van der Waals surface area contributed by atoms with Crippen molar-refractivity contribution in [3.63, 3.8) is 0 Å². The highest BCUT2D eigenvalue weighted by Crippen LogP contribution is 2.35. The van der Waals surface area contributed by atoms with E-state index in [1.54, 1.807) is 12.1 Å². The number of allylic oxidation sites excluding steroid dienone is 1. The van der Waals surface area contributed by atoms with Gasteiger partial charge in [0.2, 0.25) is 0 Å². The van der Waals surface area contributed by atoms with Crippen molar-refractivity contribution in [3.05, 3.63) is 57.8 Å². The average Bonchev–Trinajstić information content (AvgIpc) is 2.55. The highest BCUT2D eigenvalue weighted by Gasteiger charge is 2.11. The molecule has 2 aromatic carbocycles. The maximum absolute atomic E-state index is 13.9. The molecular weight excluding hydrogens is 367 g/mol. The molecule has 2 aromatic rings. The van der Waals surface area contributed by atoms with Gasteiger partial charge in [-0.1, -0.05) is 6.08 Å². The van der Waals surface area contributed by atoms with Gasteiger partial charge in [-0.05, 0) is 51.8 Å². The summed E-state index contributed by atoms with van der Waals surface area (Å²) < 4.78 is 24.2. The van der Waals surface area contributed by atoms with Crippen LogP contribution in [0.4, 0.5) is 4.39 Å². The lowest BCUT2D eigenvalue weighted by Gasteiger charge is -2.06. The molecule has 0 amide bonds. The van der Waals surface area contributed by atoms with Crippen LogP contribution in [-0.4, -0.2) is 25.1 Å². The minimum absolute atomic E-state index is 0.0304. The number of halogens is 2. The Morgan fingerprint density at radius 1 is 1.22 bits per heavy atom. The normalized spacial score (nSPS) is 10.8. The fourth-order valence-electron chi connectivity index (χ4n) is 1.93. The van der Waals surface area contributed by atoms with Gasteiger partial charge in [-0.25, -0.2) is 4.39 Å². The number of benzene rings is 2. The molecule has 6 heteroatoms. The SMILES string of the molecule is COc1ccc(C(=O)/C=C/c2cc(Br)c(O)c(OC)c2)c(F)c1. The van der Waals surface area contributed by atoms with E-state index in [1.165, 1.54) is 38.5 Å². The van der Waals surface area contributed by atoms with Crippen LogP contribution in [-0.2, 0) is 0 Å². The van der Waals surface area contributed by atoms with Gasteiger partial charge in [0, 0.05) is 6.07 Å². The number of ketones is 1. The summed E-state index contributed by atoms with van der Waals surface area (Å²) in [5.41, 5.74) is 0.570. The summed E-state index contributed by atoms with van der Waals surface area (Å²) in [6, 6.07) is 7.22. The summed E-state index contributed by atoms with van der Waals surface area (Å²) in [6.45, 7) is 0. The van der Waals surface area contributed by atoms with E-state index in [0.717, 1.165) is 6.07 Å². The van der Waals surface area contributed by atoms with E-state index < -0.39 is 11.6 Å². The fraction of sp³-hybridized carbons (Fsp3) is 0.118. The first-order valence-electron chi connectivity index (χ1n) is 6.58.